The molecule has 0 spiro atoms. The van der Waals surface area contributed by atoms with Gasteiger partial charge in [-0.3, -0.25) is 0 Å². The molecule has 1 aromatic carbocycles. The Morgan fingerprint density at radius 2 is 1.96 bits per heavy atom. The molecule has 26 heavy (non-hydrogen) atoms. The average molecular weight is 357 g/mol. The maximum absolute atomic E-state index is 13.0. The highest BCUT2D eigenvalue weighted by atomic mass is 19.1. The van der Waals surface area contributed by atoms with Crippen LogP contribution >= 0.6 is 0 Å². The van der Waals surface area contributed by atoms with Gasteiger partial charge in [0.05, 0.1) is 5.56 Å². The molecule has 2 heterocycles. The SMILES string of the molecule is CCn1c(C)cc(C(=O)O[C@H](C)c2nnc(-c3ccc(F)cc3)o2)c1C. The summed E-state index contributed by atoms with van der Waals surface area (Å²) in [6.45, 7) is 8.30. The monoisotopic (exact) mass is 357 g/mol. The molecule has 3 aromatic rings. The zero-order chi connectivity index (χ0) is 18.8. The Labute approximate surface area is 150 Å². The van der Waals surface area contributed by atoms with Crippen LogP contribution in [0.4, 0.5) is 4.39 Å². The summed E-state index contributed by atoms with van der Waals surface area (Å²) in [6.07, 6.45) is -0.700. The molecule has 0 bridgehead atoms. The second kappa shape index (κ2) is 7.11. The van der Waals surface area contributed by atoms with Crippen molar-refractivity contribution in [2.45, 2.75) is 40.3 Å². The number of hydrogen-bond acceptors (Lipinski definition) is 5. The first-order valence-electron chi connectivity index (χ1n) is 8.37. The fraction of sp³-hybridized carbons (Fsp3) is 0.316. The number of aryl methyl sites for hydroxylation is 1. The molecule has 0 unspecified atom stereocenters. The number of aromatic nitrogens is 3. The molecule has 7 heteroatoms. The second-order valence-electron chi connectivity index (χ2n) is 6.03. The van der Waals surface area contributed by atoms with E-state index in [0.29, 0.717) is 11.1 Å². The first-order chi connectivity index (χ1) is 12.4. The number of carbonyl (C=O) groups is 1. The molecular formula is C19H20FN3O3. The summed E-state index contributed by atoms with van der Waals surface area (Å²) in [4.78, 5) is 12.5. The molecule has 0 radical (unpaired) electrons. The average Bonchev–Trinajstić information content (AvgIpc) is 3.20. The first-order valence-corrected chi connectivity index (χ1v) is 8.37. The molecule has 0 saturated carbocycles. The number of benzene rings is 1. The molecule has 0 aliphatic heterocycles. The van der Waals surface area contributed by atoms with Gasteiger partial charge in [-0.2, -0.15) is 0 Å². The largest absolute Gasteiger partial charge is 0.449 e. The number of carbonyl (C=O) groups excluding carboxylic acids is 1. The van der Waals surface area contributed by atoms with Gasteiger partial charge in [-0.15, -0.1) is 10.2 Å². The smallest absolute Gasteiger partial charge is 0.340 e. The molecule has 0 aliphatic rings. The molecule has 0 aliphatic carbocycles. The third-order valence-electron chi connectivity index (χ3n) is 4.27. The quantitative estimate of drug-likeness (QED) is 0.639. The summed E-state index contributed by atoms with van der Waals surface area (Å²) in [5.41, 5.74) is 2.98. The van der Waals surface area contributed by atoms with E-state index >= 15 is 0 Å². The third kappa shape index (κ3) is 3.37. The van der Waals surface area contributed by atoms with Crippen LogP contribution in [-0.2, 0) is 11.3 Å². The number of ether oxygens (including phenoxy) is 1. The minimum Gasteiger partial charge on any atom is -0.449 e. The van der Waals surface area contributed by atoms with E-state index in [9.17, 15) is 9.18 Å². The van der Waals surface area contributed by atoms with Gasteiger partial charge in [0.2, 0.25) is 5.89 Å². The van der Waals surface area contributed by atoms with Crippen molar-refractivity contribution in [3.63, 3.8) is 0 Å². The Kier molecular flexibility index (Phi) is 4.88. The van der Waals surface area contributed by atoms with E-state index in [0.717, 1.165) is 17.9 Å². The molecule has 3 rings (SSSR count). The molecular weight excluding hydrogens is 337 g/mol. The normalized spacial score (nSPS) is 12.2. The zero-order valence-electron chi connectivity index (χ0n) is 15.1. The van der Waals surface area contributed by atoms with Crippen LogP contribution in [0.5, 0.6) is 0 Å². The lowest BCUT2D eigenvalue weighted by molar-refractivity contribution is 0.0279. The Hall–Kier alpha value is -2.96. The highest BCUT2D eigenvalue weighted by Gasteiger charge is 2.22. The van der Waals surface area contributed by atoms with Gasteiger partial charge in [-0.05, 0) is 58.0 Å². The van der Waals surface area contributed by atoms with E-state index < -0.39 is 12.1 Å². The van der Waals surface area contributed by atoms with Crippen molar-refractivity contribution in [1.29, 1.82) is 0 Å². The van der Waals surface area contributed by atoms with Crippen LogP contribution in [0.3, 0.4) is 0 Å². The molecule has 0 amide bonds. The van der Waals surface area contributed by atoms with Crippen LogP contribution in [0, 0.1) is 19.7 Å². The highest BCUT2D eigenvalue weighted by molar-refractivity contribution is 5.91. The van der Waals surface area contributed by atoms with Crippen molar-refractivity contribution in [1.82, 2.24) is 14.8 Å². The van der Waals surface area contributed by atoms with Gasteiger partial charge in [0.15, 0.2) is 6.10 Å². The van der Waals surface area contributed by atoms with Gasteiger partial charge in [-0.25, -0.2) is 9.18 Å². The summed E-state index contributed by atoms with van der Waals surface area (Å²) in [6, 6.07) is 7.52. The summed E-state index contributed by atoms with van der Waals surface area (Å²) < 4.78 is 26.1. The standard InChI is InChI=1S/C19H20FN3O3/c1-5-23-11(2)10-16(12(23)3)19(24)25-13(4)17-21-22-18(26-17)14-6-8-15(20)9-7-14/h6-10,13H,5H2,1-4H3/t13-/m1/s1. The summed E-state index contributed by atoms with van der Waals surface area (Å²) >= 11 is 0. The number of halogens is 1. The van der Waals surface area contributed by atoms with Crippen molar-refractivity contribution in [2.24, 2.45) is 0 Å². The number of rotatable bonds is 5. The van der Waals surface area contributed by atoms with E-state index in [1.807, 2.05) is 31.4 Å². The lowest BCUT2D eigenvalue weighted by atomic mass is 10.2. The summed E-state index contributed by atoms with van der Waals surface area (Å²) in [5, 5.41) is 7.86. The topological polar surface area (TPSA) is 70.2 Å². The lowest BCUT2D eigenvalue weighted by Gasteiger charge is -2.10. The summed E-state index contributed by atoms with van der Waals surface area (Å²) in [7, 11) is 0. The Balaban J connectivity index is 1.75. The predicted molar refractivity (Wildman–Crippen MR) is 93.1 cm³/mol. The van der Waals surface area contributed by atoms with Crippen molar-refractivity contribution >= 4 is 5.97 Å². The highest BCUT2D eigenvalue weighted by Crippen LogP contribution is 2.24. The lowest BCUT2D eigenvalue weighted by Crippen LogP contribution is -2.11. The summed E-state index contributed by atoms with van der Waals surface area (Å²) in [5.74, 6) is -0.360. The van der Waals surface area contributed by atoms with Gasteiger partial charge in [0.25, 0.3) is 5.89 Å². The van der Waals surface area contributed by atoms with Crippen molar-refractivity contribution in [3.05, 3.63) is 59.0 Å². The van der Waals surface area contributed by atoms with Crippen molar-refractivity contribution in [3.8, 4) is 11.5 Å². The third-order valence-corrected chi connectivity index (χ3v) is 4.27. The molecule has 6 nitrogen and oxygen atoms in total. The van der Waals surface area contributed by atoms with Crippen LogP contribution in [0.1, 0.15) is 47.6 Å². The van der Waals surface area contributed by atoms with E-state index in [-0.39, 0.29) is 17.6 Å². The van der Waals surface area contributed by atoms with Crippen molar-refractivity contribution < 1.29 is 18.3 Å². The van der Waals surface area contributed by atoms with Crippen LogP contribution in [0.25, 0.3) is 11.5 Å². The van der Waals surface area contributed by atoms with Gasteiger partial charge >= 0.3 is 5.97 Å². The fourth-order valence-corrected chi connectivity index (χ4v) is 2.88. The van der Waals surface area contributed by atoms with Gasteiger partial charge < -0.3 is 13.7 Å². The number of hydrogen-bond donors (Lipinski definition) is 0. The van der Waals surface area contributed by atoms with Crippen LogP contribution in [-0.4, -0.2) is 20.7 Å². The minimum atomic E-state index is -0.700. The predicted octanol–water partition coefficient (Wildman–Crippen LogP) is 4.23. The molecule has 136 valence electrons. The van der Waals surface area contributed by atoms with E-state index in [2.05, 4.69) is 10.2 Å². The van der Waals surface area contributed by atoms with Crippen LogP contribution < -0.4 is 0 Å². The molecule has 1 atom stereocenters. The van der Waals surface area contributed by atoms with Gasteiger partial charge in [-0.1, -0.05) is 0 Å². The molecule has 0 saturated heterocycles. The van der Waals surface area contributed by atoms with Crippen LogP contribution in [0.15, 0.2) is 34.7 Å². The van der Waals surface area contributed by atoms with Gasteiger partial charge in [0, 0.05) is 23.5 Å². The maximum atomic E-state index is 13.0. The Morgan fingerprint density at radius 3 is 2.58 bits per heavy atom. The van der Waals surface area contributed by atoms with Crippen molar-refractivity contribution in [2.75, 3.05) is 0 Å². The molecule has 0 fully saturated rings. The maximum Gasteiger partial charge on any atom is 0.340 e. The second-order valence-corrected chi connectivity index (χ2v) is 6.03. The van der Waals surface area contributed by atoms with Gasteiger partial charge in [0.1, 0.15) is 5.82 Å². The Bertz CT molecular complexity index is 928. The fourth-order valence-electron chi connectivity index (χ4n) is 2.88. The Morgan fingerprint density at radius 1 is 1.27 bits per heavy atom. The van der Waals surface area contributed by atoms with E-state index in [4.69, 9.17) is 9.15 Å². The number of esters is 1. The first kappa shape index (κ1) is 17.8. The number of nitrogens with zero attached hydrogens (tertiary/aromatic N) is 3. The van der Waals surface area contributed by atoms with Crippen LogP contribution in [0.2, 0.25) is 0 Å². The minimum absolute atomic E-state index is 0.182. The molecule has 2 aromatic heterocycles. The van der Waals surface area contributed by atoms with E-state index in [1.54, 1.807) is 19.1 Å². The van der Waals surface area contributed by atoms with E-state index in [1.165, 1.54) is 12.1 Å². The molecule has 0 N–H and O–H groups in total. The zero-order valence-corrected chi connectivity index (χ0v) is 15.1.